The van der Waals surface area contributed by atoms with Crippen molar-refractivity contribution in [2.24, 2.45) is 5.73 Å². The van der Waals surface area contributed by atoms with E-state index in [0.29, 0.717) is 24.5 Å². The highest BCUT2D eigenvalue weighted by molar-refractivity contribution is 5.69. The molecule has 0 spiro atoms. The second-order valence-electron chi connectivity index (χ2n) is 7.98. The average molecular weight is 414 g/mol. The Morgan fingerprint density at radius 1 is 1.07 bits per heavy atom. The fourth-order valence-electron chi connectivity index (χ4n) is 4.04. The van der Waals surface area contributed by atoms with Gasteiger partial charge in [0, 0.05) is 49.7 Å². The third-order valence-corrected chi connectivity index (χ3v) is 5.78. The van der Waals surface area contributed by atoms with Gasteiger partial charge in [-0.1, -0.05) is 0 Å². The Bertz CT molecular complexity index is 886. The summed E-state index contributed by atoms with van der Waals surface area (Å²) in [6.45, 7) is 2.81. The summed E-state index contributed by atoms with van der Waals surface area (Å²) in [5, 5.41) is 14.6. The third-order valence-electron chi connectivity index (χ3n) is 5.78. The number of nitrogens with one attached hydrogen (secondary N) is 1. The molecule has 1 aromatic heterocycles. The van der Waals surface area contributed by atoms with Crippen LogP contribution in [-0.2, 0) is 0 Å². The summed E-state index contributed by atoms with van der Waals surface area (Å²) in [7, 11) is 0. The topological polar surface area (TPSA) is 101 Å². The minimum atomic E-state index is -0.796. The molecule has 1 aromatic carbocycles. The number of anilines is 4. The maximum Gasteiger partial charge on any atom is 0.311 e. The highest BCUT2D eigenvalue weighted by Gasteiger charge is 2.22. The molecule has 2 aromatic rings. The highest BCUT2D eigenvalue weighted by atomic mass is 19.1. The molecule has 8 nitrogen and oxygen atoms in total. The van der Waals surface area contributed by atoms with Crippen LogP contribution < -0.4 is 20.9 Å². The van der Waals surface area contributed by atoms with Crippen molar-refractivity contribution in [1.29, 1.82) is 0 Å². The first kappa shape index (κ1) is 20.3. The lowest BCUT2D eigenvalue weighted by Gasteiger charge is -2.31. The van der Waals surface area contributed by atoms with Crippen LogP contribution in [0.1, 0.15) is 25.7 Å². The number of pyridine rings is 1. The van der Waals surface area contributed by atoms with Gasteiger partial charge in [0.15, 0.2) is 0 Å². The Hall–Kier alpha value is -2.94. The molecule has 0 saturated carbocycles. The second kappa shape index (κ2) is 8.83. The maximum atomic E-state index is 13.7. The summed E-state index contributed by atoms with van der Waals surface area (Å²) in [5.74, 6) is 0.913. The number of nitro groups is 1. The zero-order valence-electron chi connectivity index (χ0n) is 16.8. The van der Waals surface area contributed by atoms with Gasteiger partial charge in [0.25, 0.3) is 0 Å². The van der Waals surface area contributed by atoms with Crippen molar-refractivity contribution in [3.05, 3.63) is 46.5 Å². The molecule has 3 N–H and O–H groups in total. The van der Waals surface area contributed by atoms with Crippen LogP contribution in [0.4, 0.5) is 33.1 Å². The molecule has 2 aliphatic heterocycles. The molecule has 0 radical (unpaired) electrons. The first-order valence-electron chi connectivity index (χ1n) is 10.4. The van der Waals surface area contributed by atoms with Crippen LogP contribution in [-0.4, -0.2) is 48.3 Å². The average Bonchev–Trinajstić information content (AvgIpc) is 2.74. The van der Waals surface area contributed by atoms with Gasteiger partial charge in [0.2, 0.25) is 5.82 Å². The maximum absolute atomic E-state index is 13.7. The molecule has 160 valence electrons. The monoisotopic (exact) mass is 414 g/mol. The predicted molar refractivity (Wildman–Crippen MR) is 116 cm³/mol. The van der Waals surface area contributed by atoms with Gasteiger partial charge in [-0.05, 0) is 56.0 Å². The summed E-state index contributed by atoms with van der Waals surface area (Å²) in [4.78, 5) is 19.7. The number of aromatic nitrogens is 1. The third kappa shape index (κ3) is 4.62. The minimum Gasteiger partial charge on any atom is -0.369 e. The Balaban J connectivity index is 1.52. The number of hydrogen-bond acceptors (Lipinski definition) is 7. The molecule has 2 aliphatic rings. The van der Waals surface area contributed by atoms with E-state index in [0.717, 1.165) is 44.6 Å². The number of rotatable bonds is 5. The van der Waals surface area contributed by atoms with E-state index >= 15 is 0 Å². The van der Waals surface area contributed by atoms with Crippen molar-refractivity contribution in [3.63, 3.8) is 0 Å². The second-order valence-corrected chi connectivity index (χ2v) is 7.98. The molecule has 1 atom stereocenters. The fraction of sp³-hybridized carbons (Fsp3) is 0.476. The normalized spacial score (nSPS) is 20.3. The van der Waals surface area contributed by atoms with Crippen molar-refractivity contribution >= 4 is 28.7 Å². The van der Waals surface area contributed by atoms with E-state index in [1.165, 1.54) is 6.07 Å². The van der Waals surface area contributed by atoms with E-state index in [2.05, 4.69) is 15.2 Å². The number of nitrogens with zero attached hydrogens (tertiary/aromatic N) is 4. The molecule has 3 heterocycles. The SMILES string of the molecule is NC1CCN(c2ccc([N+](=O)[O-])c(Nc3ccc(N4CCCC(F)C4)cc3)n2)CC1. The van der Waals surface area contributed by atoms with E-state index in [9.17, 15) is 14.5 Å². The number of alkyl halides is 1. The molecule has 1 unspecified atom stereocenters. The Morgan fingerprint density at radius 2 is 1.80 bits per heavy atom. The number of piperidine rings is 2. The van der Waals surface area contributed by atoms with Gasteiger partial charge < -0.3 is 20.9 Å². The van der Waals surface area contributed by atoms with Gasteiger partial charge in [-0.25, -0.2) is 9.37 Å². The number of benzene rings is 1. The van der Waals surface area contributed by atoms with Gasteiger partial charge in [0.1, 0.15) is 12.0 Å². The van der Waals surface area contributed by atoms with Gasteiger partial charge in [0.05, 0.1) is 4.92 Å². The van der Waals surface area contributed by atoms with Crippen LogP contribution in [0, 0.1) is 10.1 Å². The van der Waals surface area contributed by atoms with E-state index in [4.69, 9.17) is 5.73 Å². The van der Waals surface area contributed by atoms with Crippen molar-refractivity contribution in [2.45, 2.75) is 37.9 Å². The number of halogens is 1. The fourth-order valence-corrected chi connectivity index (χ4v) is 4.04. The Labute approximate surface area is 175 Å². The lowest BCUT2D eigenvalue weighted by molar-refractivity contribution is -0.384. The molecule has 2 fully saturated rings. The quantitative estimate of drug-likeness (QED) is 0.569. The molecule has 0 bridgehead atoms. The van der Waals surface area contributed by atoms with Crippen LogP contribution in [0.15, 0.2) is 36.4 Å². The van der Waals surface area contributed by atoms with Crippen LogP contribution >= 0.6 is 0 Å². The minimum absolute atomic E-state index is 0.0761. The molecular weight excluding hydrogens is 387 g/mol. The number of hydrogen-bond donors (Lipinski definition) is 2. The standard InChI is InChI=1S/C21H27FN6O2/c22-15-2-1-11-27(14-15)18-5-3-17(4-6-18)24-21-19(28(29)30)7-8-20(25-21)26-12-9-16(23)10-13-26/h3-8,15-16H,1-2,9-14,23H2,(H,24,25). The summed E-state index contributed by atoms with van der Waals surface area (Å²) in [6, 6.07) is 10.9. The van der Waals surface area contributed by atoms with Crippen molar-refractivity contribution in [2.75, 3.05) is 41.3 Å². The van der Waals surface area contributed by atoms with Crippen molar-refractivity contribution < 1.29 is 9.31 Å². The lowest BCUT2D eigenvalue weighted by atomic mass is 10.1. The zero-order chi connectivity index (χ0) is 21.1. The van der Waals surface area contributed by atoms with E-state index in [1.807, 2.05) is 29.2 Å². The smallest absolute Gasteiger partial charge is 0.311 e. The molecule has 0 aliphatic carbocycles. The van der Waals surface area contributed by atoms with Crippen LogP contribution in [0.2, 0.25) is 0 Å². The van der Waals surface area contributed by atoms with Gasteiger partial charge in [-0.15, -0.1) is 0 Å². The first-order valence-corrected chi connectivity index (χ1v) is 10.4. The van der Waals surface area contributed by atoms with Gasteiger partial charge in [-0.3, -0.25) is 10.1 Å². The Morgan fingerprint density at radius 3 is 2.47 bits per heavy atom. The predicted octanol–water partition coefficient (Wildman–Crippen LogP) is 3.60. The molecule has 2 saturated heterocycles. The van der Waals surface area contributed by atoms with Gasteiger partial charge in [-0.2, -0.15) is 0 Å². The Kier molecular flexibility index (Phi) is 5.98. The van der Waals surface area contributed by atoms with Crippen LogP contribution in [0.3, 0.4) is 0 Å². The van der Waals surface area contributed by atoms with E-state index < -0.39 is 11.1 Å². The van der Waals surface area contributed by atoms with Gasteiger partial charge >= 0.3 is 5.69 Å². The number of nitrogens with two attached hydrogens (primary N) is 1. The first-order chi connectivity index (χ1) is 14.5. The van der Waals surface area contributed by atoms with Crippen LogP contribution in [0.5, 0.6) is 0 Å². The summed E-state index contributed by atoms with van der Waals surface area (Å²) >= 11 is 0. The lowest BCUT2D eigenvalue weighted by Crippen LogP contribution is -2.40. The van der Waals surface area contributed by atoms with Crippen LogP contribution in [0.25, 0.3) is 0 Å². The van der Waals surface area contributed by atoms with Crippen molar-refractivity contribution in [3.8, 4) is 0 Å². The summed E-state index contributed by atoms with van der Waals surface area (Å²) < 4.78 is 13.7. The van der Waals surface area contributed by atoms with E-state index in [1.54, 1.807) is 6.07 Å². The molecule has 30 heavy (non-hydrogen) atoms. The van der Waals surface area contributed by atoms with E-state index in [-0.39, 0.29) is 17.5 Å². The largest absolute Gasteiger partial charge is 0.369 e. The molecular formula is C21H27FN6O2. The van der Waals surface area contributed by atoms with Crippen molar-refractivity contribution in [1.82, 2.24) is 4.98 Å². The molecule has 9 heteroatoms. The summed E-state index contributed by atoms with van der Waals surface area (Å²) in [5.41, 5.74) is 7.54. The molecule has 4 rings (SSSR count). The molecule has 0 amide bonds. The summed E-state index contributed by atoms with van der Waals surface area (Å²) in [6.07, 6.45) is 2.41. The zero-order valence-corrected chi connectivity index (χ0v) is 16.8. The highest BCUT2D eigenvalue weighted by Crippen LogP contribution is 2.30.